The van der Waals surface area contributed by atoms with Gasteiger partial charge >= 0.3 is 0 Å². The highest BCUT2D eigenvalue weighted by molar-refractivity contribution is 5.94. The van der Waals surface area contributed by atoms with Crippen LogP contribution in [0.5, 0.6) is 0 Å². The van der Waals surface area contributed by atoms with E-state index in [0.29, 0.717) is 12.1 Å². The summed E-state index contributed by atoms with van der Waals surface area (Å²) in [5, 5.41) is 6.79. The van der Waals surface area contributed by atoms with Crippen LogP contribution >= 0.6 is 0 Å². The van der Waals surface area contributed by atoms with Crippen LogP contribution in [0.4, 0.5) is 5.82 Å². The second kappa shape index (κ2) is 7.47. The average molecular weight is 328 g/mol. The number of hydrogen-bond donors (Lipinski definition) is 1. The van der Waals surface area contributed by atoms with Crippen molar-refractivity contribution in [2.45, 2.75) is 46.1 Å². The Balaban J connectivity index is 1.61. The molecule has 24 heavy (non-hydrogen) atoms. The highest BCUT2D eigenvalue weighted by atomic mass is 16.5. The number of aryl methyl sites for hydroxylation is 2. The van der Waals surface area contributed by atoms with Gasteiger partial charge in [0.25, 0.3) is 5.91 Å². The third-order valence-electron chi connectivity index (χ3n) is 4.55. The van der Waals surface area contributed by atoms with Crippen molar-refractivity contribution in [3.05, 3.63) is 40.9 Å². The fourth-order valence-corrected chi connectivity index (χ4v) is 3.03. The Morgan fingerprint density at radius 2 is 1.96 bits per heavy atom. The Labute approximate surface area is 142 Å². The SMILES string of the molecule is Cc1noc(C)c1CNC(=O)c1ccc(N2CCCCCC2)nc1. The van der Waals surface area contributed by atoms with Crippen LogP contribution in [0.1, 0.15) is 53.1 Å². The van der Waals surface area contributed by atoms with Crippen LogP contribution in [0.2, 0.25) is 0 Å². The maximum absolute atomic E-state index is 12.3. The number of carbonyl (C=O) groups excluding carboxylic acids is 1. The Kier molecular flexibility index (Phi) is 5.13. The van der Waals surface area contributed by atoms with Gasteiger partial charge in [-0.2, -0.15) is 0 Å². The second-order valence-corrected chi connectivity index (χ2v) is 6.29. The molecule has 0 unspecified atom stereocenters. The van der Waals surface area contributed by atoms with E-state index in [2.05, 4.69) is 20.4 Å². The molecule has 3 heterocycles. The predicted molar refractivity (Wildman–Crippen MR) is 92.1 cm³/mol. The van der Waals surface area contributed by atoms with Crippen LogP contribution in [-0.4, -0.2) is 29.1 Å². The molecule has 1 aliphatic rings. The highest BCUT2D eigenvalue weighted by Gasteiger charge is 2.14. The van der Waals surface area contributed by atoms with Gasteiger partial charge in [0.2, 0.25) is 0 Å². The van der Waals surface area contributed by atoms with Crippen LogP contribution in [0.25, 0.3) is 0 Å². The highest BCUT2D eigenvalue weighted by Crippen LogP contribution is 2.17. The Bertz CT molecular complexity index is 666. The molecular formula is C18H24N4O2. The molecule has 0 aromatic carbocycles. The lowest BCUT2D eigenvalue weighted by molar-refractivity contribution is 0.0950. The Hall–Kier alpha value is -2.37. The van der Waals surface area contributed by atoms with Crippen molar-refractivity contribution in [3.8, 4) is 0 Å². The van der Waals surface area contributed by atoms with Crippen LogP contribution in [0.15, 0.2) is 22.9 Å². The van der Waals surface area contributed by atoms with Gasteiger partial charge in [-0.25, -0.2) is 4.98 Å². The van der Waals surface area contributed by atoms with Crippen molar-refractivity contribution in [3.63, 3.8) is 0 Å². The molecule has 128 valence electrons. The number of rotatable bonds is 4. The zero-order valence-corrected chi connectivity index (χ0v) is 14.3. The molecule has 0 bridgehead atoms. The largest absolute Gasteiger partial charge is 0.361 e. The van der Waals surface area contributed by atoms with E-state index < -0.39 is 0 Å². The summed E-state index contributed by atoms with van der Waals surface area (Å²) in [6.07, 6.45) is 6.66. The van der Waals surface area contributed by atoms with Crippen LogP contribution in [0, 0.1) is 13.8 Å². The van der Waals surface area contributed by atoms with Crippen LogP contribution in [-0.2, 0) is 6.54 Å². The van der Waals surface area contributed by atoms with E-state index in [4.69, 9.17) is 4.52 Å². The summed E-state index contributed by atoms with van der Waals surface area (Å²) >= 11 is 0. The standard InChI is InChI=1S/C18H24N4O2/c1-13-16(14(2)24-21-13)12-20-18(23)15-7-8-17(19-11-15)22-9-5-3-4-6-10-22/h7-8,11H,3-6,9-10,12H2,1-2H3,(H,20,23). The molecule has 2 aromatic heterocycles. The maximum atomic E-state index is 12.3. The normalized spacial score (nSPS) is 15.2. The second-order valence-electron chi connectivity index (χ2n) is 6.29. The van der Waals surface area contributed by atoms with Gasteiger partial charge in [-0.3, -0.25) is 4.79 Å². The summed E-state index contributed by atoms with van der Waals surface area (Å²) in [5.41, 5.74) is 2.31. The third kappa shape index (κ3) is 3.75. The van der Waals surface area contributed by atoms with Crippen molar-refractivity contribution in [2.75, 3.05) is 18.0 Å². The van der Waals surface area contributed by atoms with Gasteiger partial charge in [0.15, 0.2) is 0 Å². The van der Waals surface area contributed by atoms with Crippen molar-refractivity contribution in [1.29, 1.82) is 0 Å². The monoisotopic (exact) mass is 328 g/mol. The molecule has 0 radical (unpaired) electrons. The molecule has 0 spiro atoms. The minimum atomic E-state index is -0.134. The first-order chi connectivity index (χ1) is 11.6. The number of anilines is 1. The lowest BCUT2D eigenvalue weighted by Gasteiger charge is -2.21. The number of amides is 1. The van der Waals surface area contributed by atoms with Crippen molar-refractivity contribution in [2.24, 2.45) is 0 Å². The Morgan fingerprint density at radius 3 is 2.54 bits per heavy atom. The van der Waals surface area contributed by atoms with Gasteiger partial charge in [-0.15, -0.1) is 0 Å². The maximum Gasteiger partial charge on any atom is 0.253 e. The van der Waals surface area contributed by atoms with Crippen molar-refractivity contribution < 1.29 is 9.32 Å². The number of pyridine rings is 1. The lowest BCUT2D eigenvalue weighted by Crippen LogP contribution is -2.26. The van der Waals surface area contributed by atoms with Gasteiger partial charge < -0.3 is 14.7 Å². The molecule has 0 saturated carbocycles. The molecule has 0 aliphatic carbocycles. The van der Waals surface area contributed by atoms with Gasteiger partial charge in [0.1, 0.15) is 11.6 Å². The summed E-state index contributed by atoms with van der Waals surface area (Å²) in [6.45, 7) is 6.22. The van der Waals surface area contributed by atoms with Crippen LogP contribution in [0.3, 0.4) is 0 Å². The van der Waals surface area contributed by atoms with Crippen molar-refractivity contribution >= 4 is 11.7 Å². The number of carbonyl (C=O) groups is 1. The fraction of sp³-hybridized carbons (Fsp3) is 0.500. The predicted octanol–water partition coefficient (Wildman–Crippen LogP) is 3.00. The van der Waals surface area contributed by atoms with Crippen LogP contribution < -0.4 is 10.2 Å². The topological polar surface area (TPSA) is 71.3 Å². The summed E-state index contributed by atoms with van der Waals surface area (Å²) in [7, 11) is 0. The zero-order chi connectivity index (χ0) is 16.9. The molecular weight excluding hydrogens is 304 g/mol. The van der Waals surface area contributed by atoms with E-state index in [1.54, 1.807) is 6.20 Å². The molecule has 6 heteroatoms. The molecule has 1 fully saturated rings. The molecule has 6 nitrogen and oxygen atoms in total. The number of hydrogen-bond acceptors (Lipinski definition) is 5. The van der Waals surface area contributed by atoms with E-state index in [1.807, 2.05) is 26.0 Å². The van der Waals surface area contributed by atoms with Gasteiger partial charge in [0.05, 0.1) is 11.3 Å². The molecule has 0 atom stereocenters. The first-order valence-electron chi connectivity index (χ1n) is 8.56. The van der Waals surface area contributed by atoms with E-state index in [1.165, 1.54) is 25.7 Å². The molecule has 1 amide bonds. The van der Waals surface area contributed by atoms with Gasteiger partial charge in [-0.1, -0.05) is 18.0 Å². The molecule has 1 saturated heterocycles. The molecule has 3 rings (SSSR count). The lowest BCUT2D eigenvalue weighted by atomic mass is 10.2. The zero-order valence-electron chi connectivity index (χ0n) is 14.3. The number of nitrogens with zero attached hydrogens (tertiary/aromatic N) is 3. The van der Waals surface area contributed by atoms with E-state index in [0.717, 1.165) is 35.9 Å². The van der Waals surface area contributed by atoms with E-state index >= 15 is 0 Å². The Morgan fingerprint density at radius 1 is 1.21 bits per heavy atom. The summed E-state index contributed by atoms with van der Waals surface area (Å²) < 4.78 is 5.11. The first kappa shape index (κ1) is 16.5. The smallest absolute Gasteiger partial charge is 0.253 e. The summed E-state index contributed by atoms with van der Waals surface area (Å²) in [6, 6.07) is 3.78. The molecule has 1 N–H and O–H groups in total. The van der Waals surface area contributed by atoms with E-state index in [9.17, 15) is 4.79 Å². The number of nitrogens with one attached hydrogen (secondary N) is 1. The average Bonchev–Trinajstić information content (AvgIpc) is 2.81. The van der Waals surface area contributed by atoms with Gasteiger partial charge in [-0.05, 0) is 38.8 Å². The van der Waals surface area contributed by atoms with E-state index in [-0.39, 0.29) is 5.91 Å². The molecule has 2 aromatic rings. The minimum absolute atomic E-state index is 0.134. The fourth-order valence-electron chi connectivity index (χ4n) is 3.03. The first-order valence-corrected chi connectivity index (χ1v) is 8.56. The van der Waals surface area contributed by atoms with Crippen molar-refractivity contribution in [1.82, 2.24) is 15.5 Å². The summed E-state index contributed by atoms with van der Waals surface area (Å²) in [5.74, 6) is 1.56. The number of aromatic nitrogens is 2. The summed E-state index contributed by atoms with van der Waals surface area (Å²) in [4.78, 5) is 19.1. The minimum Gasteiger partial charge on any atom is -0.361 e. The van der Waals surface area contributed by atoms with Gasteiger partial charge in [0, 0.05) is 31.4 Å². The molecule has 1 aliphatic heterocycles. The quantitative estimate of drug-likeness (QED) is 0.934. The third-order valence-corrected chi connectivity index (χ3v) is 4.55.